The molecule has 1 heteroatoms. The lowest BCUT2D eigenvalue weighted by Crippen LogP contribution is -2.18. The van der Waals surface area contributed by atoms with Gasteiger partial charge >= 0.3 is 0 Å². The van der Waals surface area contributed by atoms with Crippen LogP contribution in [0, 0.1) is 11.8 Å². The number of aliphatic imine (C=N–C) groups is 1. The molecular formula is C12H21N. The Balaban J connectivity index is 1.86. The molecule has 0 aromatic heterocycles. The maximum Gasteiger partial charge on any atom is 0.0388 e. The smallest absolute Gasteiger partial charge is 0.0388 e. The molecule has 13 heavy (non-hydrogen) atoms. The standard InChI is InChI=1S/C12H21N/c1-2-4-6-11(5-3-1)12-7-9-13-10-8-12/h9,11-12H,1-8,10H2. The zero-order chi connectivity index (χ0) is 8.93. The first-order chi connectivity index (χ1) is 6.47. The number of hydrogen-bond donors (Lipinski definition) is 0. The summed E-state index contributed by atoms with van der Waals surface area (Å²) >= 11 is 0. The zero-order valence-electron chi connectivity index (χ0n) is 8.54. The van der Waals surface area contributed by atoms with Crippen LogP contribution in [0.15, 0.2) is 4.99 Å². The van der Waals surface area contributed by atoms with Crippen LogP contribution in [0.3, 0.4) is 0 Å². The van der Waals surface area contributed by atoms with Gasteiger partial charge in [0.05, 0.1) is 0 Å². The van der Waals surface area contributed by atoms with Crippen LogP contribution >= 0.6 is 0 Å². The second kappa shape index (κ2) is 4.78. The van der Waals surface area contributed by atoms with Gasteiger partial charge < -0.3 is 0 Å². The Labute approximate surface area is 81.6 Å². The average Bonchev–Trinajstić information content (AvgIpc) is 2.47. The molecular weight excluding hydrogens is 158 g/mol. The lowest BCUT2D eigenvalue weighted by molar-refractivity contribution is 0.288. The second-order valence-electron chi connectivity index (χ2n) is 4.62. The van der Waals surface area contributed by atoms with Gasteiger partial charge in [-0.3, -0.25) is 4.99 Å². The van der Waals surface area contributed by atoms with Gasteiger partial charge in [-0.05, 0) is 30.9 Å². The molecule has 2 rings (SSSR count). The summed E-state index contributed by atoms with van der Waals surface area (Å²) in [5.74, 6) is 2.02. The molecule has 0 radical (unpaired) electrons. The van der Waals surface area contributed by atoms with E-state index in [2.05, 4.69) is 11.2 Å². The van der Waals surface area contributed by atoms with Crippen molar-refractivity contribution in [3.05, 3.63) is 0 Å². The molecule has 0 bridgehead atoms. The van der Waals surface area contributed by atoms with Crippen molar-refractivity contribution in [3.63, 3.8) is 0 Å². The van der Waals surface area contributed by atoms with Crippen molar-refractivity contribution in [1.29, 1.82) is 0 Å². The molecule has 1 nitrogen and oxygen atoms in total. The minimum absolute atomic E-state index is 0.982. The molecule has 1 atom stereocenters. The molecule has 1 unspecified atom stereocenters. The third-order valence-corrected chi connectivity index (χ3v) is 3.73. The summed E-state index contributed by atoms with van der Waals surface area (Å²) in [6.07, 6.45) is 13.7. The van der Waals surface area contributed by atoms with E-state index in [1.54, 1.807) is 0 Å². The minimum Gasteiger partial charge on any atom is -0.298 e. The van der Waals surface area contributed by atoms with Crippen LogP contribution in [0.5, 0.6) is 0 Å². The van der Waals surface area contributed by atoms with E-state index in [9.17, 15) is 0 Å². The summed E-state index contributed by atoms with van der Waals surface area (Å²) in [5.41, 5.74) is 0. The van der Waals surface area contributed by atoms with E-state index >= 15 is 0 Å². The summed E-state index contributed by atoms with van der Waals surface area (Å²) in [6, 6.07) is 0. The molecule has 0 N–H and O–H groups in total. The van der Waals surface area contributed by atoms with E-state index in [1.165, 1.54) is 51.4 Å². The van der Waals surface area contributed by atoms with Crippen molar-refractivity contribution in [2.24, 2.45) is 16.8 Å². The summed E-state index contributed by atoms with van der Waals surface area (Å²) in [7, 11) is 0. The van der Waals surface area contributed by atoms with Gasteiger partial charge in [0.25, 0.3) is 0 Å². The maximum absolute atomic E-state index is 4.32. The molecule has 1 aliphatic carbocycles. The Morgan fingerprint density at radius 1 is 0.846 bits per heavy atom. The second-order valence-corrected chi connectivity index (χ2v) is 4.62. The van der Waals surface area contributed by atoms with Gasteiger partial charge in [-0.25, -0.2) is 0 Å². The molecule has 0 aromatic rings. The summed E-state index contributed by atoms with van der Waals surface area (Å²) < 4.78 is 0. The van der Waals surface area contributed by atoms with Gasteiger partial charge in [0, 0.05) is 6.54 Å². The highest BCUT2D eigenvalue weighted by Gasteiger charge is 2.22. The summed E-state index contributed by atoms with van der Waals surface area (Å²) in [4.78, 5) is 4.32. The van der Waals surface area contributed by atoms with Crippen molar-refractivity contribution < 1.29 is 0 Å². The lowest BCUT2D eigenvalue weighted by Gasteiger charge is -2.26. The Kier molecular flexibility index (Phi) is 3.40. The number of hydrogen-bond acceptors (Lipinski definition) is 1. The van der Waals surface area contributed by atoms with Gasteiger partial charge in [0.2, 0.25) is 0 Å². The van der Waals surface area contributed by atoms with Crippen LogP contribution in [0.4, 0.5) is 0 Å². The van der Waals surface area contributed by atoms with Crippen LogP contribution < -0.4 is 0 Å². The number of rotatable bonds is 1. The van der Waals surface area contributed by atoms with Crippen LogP contribution in [-0.2, 0) is 0 Å². The van der Waals surface area contributed by atoms with Crippen LogP contribution in [0.25, 0.3) is 0 Å². The van der Waals surface area contributed by atoms with Crippen LogP contribution in [-0.4, -0.2) is 12.8 Å². The molecule has 0 saturated heterocycles. The van der Waals surface area contributed by atoms with Gasteiger partial charge in [0.1, 0.15) is 0 Å². The first kappa shape index (κ1) is 9.23. The average molecular weight is 179 g/mol. The SMILES string of the molecule is C1=NCCC(C2CCCCCC2)C1. The molecule has 1 heterocycles. The van der Waals surface area contributed by atoms with Crippen molar-refractivity contribution in [3.8, 4) is 0 Å². The molecule has 1 fully saturated rings. The van der Waals surface area contributed by atoms with Crippen LogP contribution in [0.1, 0.15) is 51.4 Å². The fraction of sp³-hybridized carbons (Fsp3) is 0.917. The summed E-state index contributed by atoms with van der Waals surface area (Å²) in [6.45, 7) is 1.10. The van der Waals surface area contributed by atoms with E-state index in [1.807, 2.05) is 0 Å². The van der Waals surface area contributed by atoms with Crippen molar-refractivity contribution in [1.82, 2.24) is 0 Å². The van der Waals surface area contributed by atoms with Crippen molar-refractivity contribution in [2.45, 2.75) is 51.4 Å². The minimum atomic E-state index is 0.982. The largest absolute Gasteiger partial charge is 0.298 e. The zero-order valence-corrected chi connectivity index (χ0v) is 8.54. The van der Waals surface area contributed by atoms with Crippen LogP contribution in [0.2, 0.25) is 0 Å². The highest BCUT2D eigenvalue weighted by Crippen LogP contribution is 2.33. The van der Waals surface area contributed by atoms with Crippen molar-refractivity contribution in [2.75, 3.05) is 6.54 Å². The van der Waals surface area contributed by atoms with E-state index < -0.39 is 0 Å². The quantitative estimate of drug-likeness (QED) is 0.547. The third kappa shape index (κ3) is 2.55. The van der Waals surface area contributed by atoms with Gasteiger partial charge in [0.15, 0.2) is 0 Å². The van der Waals surface area contributed by atoms with E-state index in [-0.39, 0.29) is 0 Å². The van der Waals surface area contributed by atoms with Crippen molar-refractivity contribution >= 4 is 6.21 Å². The lowest BCUT2D eigenvalue weighted by atomic mass is 9.81. The molecule has 1 saturated carbocycles. The molecule has 0 aromatic carbocycles. The van der Waals surface area contributed by atoms with Gasteiger partial charge in [-0.1, -0.05) is 38.5 Å². The predicted molar refractivity (Wildman–Crippen MR) is 57.3 cm³/mol. The first-order valence-electron chi connectivity index (χ1n) is 5.95. The normalized spacial score (nSPS) is 31.5. The third-order valence-electron chi connectivity index (χ3n) is 3.73. The Morgan fingerprint density at radius 3 is 2.23 bits per heavy atom. The topological polar surface area (TPSA) is 12.4 Å². The Morgan fingerprint density at radius 2 is 1.62 bits per heavy atom. The number of nitrogens with zero attached hydrogens (tertiary/aromatic N) is 1. The first-order valence-corrected chi connectivity index (χ1v) is 5.95. The highest BCUT2D eigenvalue weighted by atomic mass is 14.7. The highest BCUT2D eigenvalue weighted by molar-refractivity contribution is 5.58. The molecule has 1 aliphatic heterocycles. The van der Waals surface area contributed by atoms with Gasteiger partial charge in [-0.2, -0.15) is 0 Å². The fourth-order valence-electron chi connectivity index (χ4n) is 2.87. The predicted octanol–water partition coefficient (Wildman–Crippen LogP) is 3.44. The van der Waals surface area contributed by atoms with E-state index in [4.69, 9.17) is 0 Å². The molecule has 74 valence electrons. The molecule has 2 aliphatic rings. The molecule has 0 amide bonds. The Hall–Kier alpha value is -0.330. The summed E-state index contributed by atoms with van der Waals surface area (Å²) in [5, 5.41) is 0. The van der Waals surface area contributed by atoms with Gasteiger partial charge in [-0.15, -0.1) is 0 Å². The van der Waals surface area contributed by atoms with E-state index in [0.29, 0.717) is 0 Å². The monoisotopic (exact) mass is 179 g/mol. The molecule has 0 spiro atoms. The fourth-order valence-corrected chi connectivity index (χ4v) is 2.87. The van der Waals surface area contributed by atoms with E-state index in [0.717, 1.165) is 18.4 Å². The maximum atomic E-state index is 4.32. The Bertz CT molecular complexity index is 166.